The molecule has 0 saturated carbocycles. The summed E-state index contributed by atoms with van der Waals surface area (Å²) in [5, 5.41) is 11.1. The Hall–Kier alpha value is -0.710. The molecular weight excluding hydrogens is 202 g/mol. The third-order valence-electron chi connectivity index (χ3n) is 1.84. The first-order valence-corrected chi connectivity index (χ1v) is 5.98. The predicted octanol–water partition coefficient (Wildman–Crippen LogP) is 0.967. The van der Waals surface area contributed by atoms with Gasteiger partial charge in [-0.05, 0) is 31.8 Å². The summed E-state index contributed by atoms with van der Waals surface area (Å²) in [7, 11) is 0. The lowest BCUT2D eigenvalue weighted by atomic mass is 10.1. The Morgan fingerprint density at radius 1 is 1.43 bits per heavy atom. The second kappa shape index (κ2) is 7.67. The molecule has 0 spiro atoms. The molecule has 0 bridgehead atoms. The summed E-state index contributed by atoms with van der Waals surface area (Å²) in [5.74, 6) is -1.35. The summed E-state index contributed by atoms with van der Waals surface area (Å²) < 4.78 is 0. The monoisotopic (exact) mass is 219 g/mol. The molecule has 4 nitrogen and oxygen atoms in total. The molecule has 5 heteroatoms. The number of hydrogen-bond acceptors (Lipinski definition) is 3. The topological polar surface area (TPSA) is 66.4 Å². The molecular formula is C9H17NO3S. The minimum atomic E-state index is -1.08. The molecule has 0 aliphatic carbocycles. The number of nitrogens with one attached hydrogen (secondary N) is 1. The van der Waals surface area contributed by atoms with Gasteiger partial charge in [0.05, 0.1) is 0 Å². The smallest absolute Gasteiger partial charge is 0.315 e. The summed E-state index contributed by atoms with van der Waals surface area (Å²) >= 11 is 1.76. The van der Waals surface area contributed by atoms with E-state index in [1.165, 1.54) is 6.92 Å². The van der Waals surface area contributed by atoms with Crippen LogP contribution in [0.3, 0.4) is 0 Å². The second-order valence-electron chi connectivity index (χ2n) is 3.05. The first-order chi connectivity index (χ1) is 6.59. The summed E-state index contributed by atoms with van der Waals surface area (Å²) in [6.07, 6.45) is 3.98. The molecule has 0 aliphatic rings. The van der Waals surface area contributed by atoms with Gasteiger partial charge in [-0.1, -0.05) is 0 Å². The van der Waals surface area contributed by atoms with Crippen molar-refractivity contribution >= 4 is 23.6 Å². The third-order valence-corrected chi connectivity index (χ3v) is 2.54. The van der Waals surface area contributed by atoms with Gasteiger partial charge in [0.2, 0.25) is 5.91 Å². The summed E-state index contributed by atoms with van der Waals surface area (Å²) in [5.41, 5.74) is 0. The molecule has 0 saturated heterocycles. The zero-order valence-corrected chi connectivity index (χ0v) is 9.39. The number of hydrogen-bond donors (Lipinski definition) is 2. The maximum absolute atomic E-state index is 11.1. The fourth-order valence-corrected chi connectivity index (χ4v) is 1.34. The molecule has 0 rings (SSSR count). The molecule has 82 valence electrons. The van der Waals surface area contributed by atoms with Crippen LogP contribution in [0.2, 0.25) is 0 Å². The van der Waals surface area contributed by atoms with E-state index < -0.39 is 17.8 Å². The Bertz CT molecular complexity index is 196. The Morgan fingerprint density at radius 3 is 2.57 bits per heavy atom. The van der Waals surface area contributed by atoms with Crippen molar-refractivity contribution in [3.63, 3.8) is 0 Å². The van der Waals surface area contributed by atoms with E-state index in [0.717, 1.165) is 18.6 Å². The van der Waals surface area contributed by atoms with Crippen molar-refractivity contribution in [2.45, 2.75) is 19.8 Å². The number of carbonyl (C=O) groups is 2. The highest BCUT2D eigenvalue weighted by Crippen LogP contribution is 1.99. The molecule has 0 aromatic carbocycles. The Balaban J connectivity index is 3.49. The van der Waals surface area contributed by atoms with E-state index in [4.69, 9.17) is 5.11 Å². The van der Waals surface area contributed by atoms with Gasteiger partial charge in [-0.15, -0.1) is 0 Å². The van der Waals surface area contributed by atoms with Crippen LogP contribution in [0, 0.1) is 5.92 Å². The highest BCUT2D eigenvalue weighted by atomic mass is 32.2. The molecule has 14 heavy (non-hydrogen) atoms. The van der Waals surface area contributed by atoms with Gasteiger partial charge in [0.25, 0.3) is 0 Å². The fourth-order valence-electron chi connectivity index (χ4n) is 0.848. The number of thioether (sulfide) groups is 1. The molecule has 1 amide bonds. The van der Waals surface area contributed by atoms with Crippen LogP contribution < -0.4 is 5.32 Å². The molecule has 0 fully saturated rings. The van der Waals surface area contributed by atoms with Crippen molar-refractivity contribution in [1.82, 2.24) is 5.32 Å². The van der Waals surface area contributed by atoms with Crippen molar-refractivity contribution in [2.75, 3.05) is 18.6 Å². The van der Waals surface area contributed by atoms with E-state index in [2.05, 4.69) is 5.32 Å². The van der Waals surface area contributed by atoms with Crippen LogP contribution in [-0.4, -0.2) is 35.5 Å². The molecule has 1 unspecified atom stereocenters. The van der Waals surface area contributed by atoms with Crippen LogP contribution in [0.15, 0.2) is 0 Å². The van der Waals surface area contributed by atoms with Crippen LogP contribution in [0.4, 0.5) is 0 Å². The first-order valence-electron chi connectivity index (χ1n) is 4.59. The van der Waals surface area contributed by atoms with E-state index in [1.807, 2.05) is 6.26 Å². The van der Waals surface area contributed by atoms with Crippen LogP contribution >= 0.6 is 11.8 Å². The van der Waals surface area contributed by atoms with Gasteiger partial charge >= 0.3 is 5.97 Å². The molecule has 0 radical (unpaired) electrons. The van der Waals surface area contributed by atoms with E-state index >= 15 is 0 Å². The average Bonchev–Trinajstić information content (AvgIpc) is 2.16. The minimum Gasteiger partial charge on any atom is -0.481 e. The van der Waals surface area contributed by atoms with Gasteiger partial charge in [0.15, 0.2) is 0 Å². The van der Waals surface area contributed by atoms with Crippen LogP contribution in [0.5, 0.6) is 0 Å². The van der Waals surface area contributed by atoms with Gasteiger partial charge in [-0.2, -0.15) is 11.8 Å². The standard InChI is InChI=1S/C9H17NO3S/c1-7(9(12)13)8(11)10-5-3-4-6-14-2/h7H,3-6H2,1-2H3,(H,10,11)(H,12,13). The van der Waals surface area contributed by atoms with Crippen molar-refractivity contribution in [1.29, 1.82) is 0 Å². The first kappa shape index (κ1) is 13.3. The number of carboxylic acids is 1. The van der Waals surface area contributed by atoms with Crippen molar-refractivity contribution in [3.05, 3.63) is 0 Å². The Morgan fingerprint density at radius 2 is 2.07 bits per heavy atom. The zero-order valence-electron chi connectivity index (χ0n) is 8.58. The van der Waals surface area contributed by atoms with Crippen molar-refractivity contribution in [3.8, 4) is 0 Å². The normalized spacial score (nSPS) is 12.1. The lowest BCUT2D eigenvalue weighted by Gasteiger charge is -2.07. The van der Waals surface area contributed by atoms with Crippen LogP contribution in [-0.2, 0) is 9.59 Å². The number of carboxylic acid groups (broad SMARTS) is 1. The van der Waals surface area contributed by atoms with Crippen molar-refractivity contribution in [2.24, 2.45) is 5.92 Å². The number of carbonyl (C=O) groups excluding carboxylic acids is 1. The molecule has 1 atom stereocenters. The second-order valence-corrected chi connectivity index (χ2v) is 4.04. The summed E-state index contributed by atoms with van der Waals surface area (Å²) in [6, 6.07) is 0. The highest BCUT2D eigenvalue weighted by Gasteiger charge is 2.19. The quantitative estimate of drug-likeness (QED) is 0.494. The van der Waals surface area contributed by atoms with Gasteiger partial charge in [0, 0.05) is 6.54 Å². The Labute approximate surface area is 88.4 Å². The lowest BCUT2D eigenvalue weighted by molar-refractivity contribution is -0.146. The maximum Gasteiger partial charge on any atom is 0.315 e. The third kappa shape index (κ3) is 5.85. The molecule has 0 aromatic heterocycles. The van der Waals surface area contributed by atoms with Crippen LogP contribution in [0.25, 0.3) is 0 Å². The summed E-state index contributed by atoms with van der Waals surface area (Å²) in [6.45, 7) is 1.95. The van der Waals surface area contributed by atoms with E-state index in [9.17, 15) is 9.59 Å². The van der Waals surface area contributed by atoms with E-state index in [0.29, 0.717) is 6.54 Å². The number of aliphatic carboxylic acids is 1. The molecule has 0 aromatic rings. The molecule has 0 heterocycles. The Kier molecular flexibility index (Phi) is 7.28. The lowest BCUT2D eigenvalue weighted by Crippen LogP contribution is -2.34. The maximum atomic E-state index is 11.1. The van der Waals surface area contributed by atoms with E-state index in [1.54, 1.807) is 11.8 Å². The highest BCUT2D eigenvalue weighted by molar-refractivity contribution is 7.98. The van der Waals surface area contributed by atoms with E-state index in [-0.39, 0.29) is 0 Å². The molecule has 0 aliphatic heterocycles. The number of amides is 1. The fraction of sp³-hybridized carbons (Fsp3) is 0.778. The minimum absolute atomic E-state index is 0.401. The largest absolute Gasteiger partial charge is 0.481 e. The SMILES string of the molecule is CSCCCCNC(=O)C(C)C(=O)O. The summed E-state index contributed by atoms with van der Waals surface area (Å²) in [4.78, 5) is 21.5. The van der Waals surface area contributed by atoms with Gasteiger partial charge in [-0.25, -0.2) is 0 Å². The average molecular weight is 219 g/mol. The number of unbranched alkanes of at least 4 members (excludes halogenated alkanes) is 1. The zero-order chi connectivity index (χ0) is 11.0. The predicted molar refractivity (Wildman–Crippen MR) is 57.4 cm³/mol. The van der Waals surface area contributed by atoms with Gasteiger partial charge in [0.1, 0.15) is 5.92 Å². The van der Waals surface area contributed by atoms with Crippen molar-refractivity contribution < 1.29 is 14.7 Å². The van der Waals surface area contributed by atoms with Gasteiger partial charge < -0.3 is 10.4 Å². The number of rotatable bonds is 7. The molecule has 2 N–H and O–H groups in total. The van der Waals surface area contributed by atoms with Gasteiger partial charge in [-0.3, -0.25) is 9.59 Å². The van der Waals surface area contributed by atoms with Crippen LogP contribution in [0.1, 0.15) is 19.8 Å².